The standard InChI is InChI=1S/C20H26N2O3/c1-20(2,3)25-19(24)12-17(16-10-7-11-21-13-16)22-18(14-23)15-8-5-4-6-9-15/h4-11,13,17-18,22-23H,12,14H2,1-3H3/t17-,18+/m0/s1. The van der Waals surface area contributed by atoms with Crippen LogP contribution in [0, 0.1) is 0 Å². The molecule has 1 heterocycles. The number of carbonyl (C=O) groups is 1. The molecular formula is C20H26N2O3. The number of nitrogens with one attached hydrogen (secondary N) is 1. The summed E-state index contributed by atoms with van der Waals surface area (Å²) in [7, 11) is 0. The molecule has 2 atom stereocenters. The van der Waals surface area contributed by atoms with E-state index in [-0.39, 0.29) is 31.1 Å². The van der Waals surface area contributed by atoms with Crippen LogP contribution in [0.1, 0.15) is 50.4 Å². The average molecular weight is 342 g/mol. The summed E-state index contributed by atoms with van der Waals surface area (Å²) in [6.45, 7) is 5.46. The Labute approximate surface area is 149 Å². The quantitative estimate of drug-likeness (QED) is 0.756. The summed E-state index contributed by atoms with van der Waals surface area (Å²) in [6.07, 6.45) is 3.57. The minimum absolute atomic E-state index is 0.0743. The van der Waals surface area contributed by atoms with Crippen LogP contribution in [0.25, 0.3) is 0 Å². The number of hydrogen-bond donors (Lipinski definition) is 2. The summed E-state index contributed by atoms with van der Waals surface area (Å²) >= 11 is 0. The predicted octanol–water partition coefficient (Wildman–Crippen LogP) is 3.18. The van der Waals surface area contributed by atoms with Gasteiger partial charge in [0.2, 0.25) is 0 Å². The van der Waals surface area contributed by atoms with Gasteiger partial charge in [0.25, 0.3) is 0 Å². The van der Waals surface area contributed by atoms with Crippen molar-refractivity contribution in [3.63, 3.8) is 0 Å². The number of aliphatic hydroxyl groups excluding tert-OH is 1. The third-order valence-corrected chi connectivity index (χ3v) is 3.66. The summed E-state index contributed by atoms with van der Waals surface area (Å²) in [4.78, 5) is 16.4. The molecule has 0 bridgehead atoms. The van der Waals surface area contributed by atoms with Crippen LogP contribution in [-0.2, 0) is 9.53 Å². The lowest BCUT2D eigenvalue weighted by Gasteiger charge is -2.26. The van der Waals surface area contributed by atoms with Crippen LogP contribution in [0.4, 0.5) is 0 Å². The monoisotopic (exact) mass is 342 g/mol. The number of benzene rings is 1. The number of rotatable bonds is 7. The van der Waals surface area contributed by atoms with Crippen molar-refractivity contribution in [3.8, 4) is 0 Å². The number of aromatic nitrogens is 1. The predicted molar refractivity (Wildman–Crippen MR) is 96.8 cm³/mol. The second-order valence-corrected chi connectivity index (χ2v) is 6.94. The van der Waals surface area contributed by atoms with Crippen LogP contribution < -0.4 is 5.32 Å². The van der Waals surface area contributed by atoms with E-state index in [1.165, 1.54) is 0 Å². The minimum atomic E-state index is -0.535. The van der Waals surface area contributed by atoms with Gasteiger partial charge in [0, 0.05) is 18.4 Å². The number of aliphatic hydroxyl groups is 1. The van der Waals surface area contributed by atoms with Crippen molar-refractivity contribution in [2.45, 2.75) is 44.9 Å². The molecule has 0 aliphatic rings. The molecule has 25 heavy (non-hydrogen) atoms. The first kappa shape index (κ1) is 19.1. The van der Waals surface area contributed by atoms with Gasteiger partial charge in [-0.25, -0.2) is 0 Å². The zero-order chi connectivity index (χ0) is 18.3. The SMILES string of the molecule is CC(C)(C)OC(=O)C[C@H](N[C@H](CO)c1ccccc1)c1cccnc1. The smallest absolute Gasteiger partial charge is 0.308 e. The number of nitrogens with zero attached hydrogens (tertiary/aromatic N) is 1. The molecule has 134 valence electrons. The van der Waals surface area contributed by atoms with Gasteiger partial charge in [-0.05, 0) is 38.0 Å². The molecule has 0 unspecified atom stereocenters. The van der Waals surface area contributed by atoms with Gasteiger partial charge in [0.1, 0.15) is 5.60 Å². The highest BCUT2D eigenvalue weighted by Crippen LogP contribution is 2.23. The summed E-state index contributed by atoms with van der Waals surface area (Å²) in [6, 6.07) is 12.8. The van der Waals surface area contributed by atoms with E-state index in [9.17, 15) is 9.90 Å². The fourth-order valence-electron chi connectivity index (χ4n) is 2.59. The Morgan fingerprint density at radius 3 is 2.36 bits per heavy atom. The van der Waals surface area contributed by atoms with Crippen LogP contribution in [0.15, 0.2) is 54.9 Å². The van der Waals surface area contributed by atoms with E-state index in [0.29, 0.717) is 0 Å². The zero-order valence-electron chi connectivity index (χ0n) is 15.0. The summed E-state index contributed by atoms with van der Waals surface area (Å²) < 4.78 is 5.45. The van der Waals surface area contributed by atoms with E-state index < -0.39 is 5.60 Å². The van der Waals surface area contributed by atoms with Gasteiger partial charge in [0.05, 0.1) is 19.1 Å². The third-order valence-electron chi connectivity index (χ3n) is 3.66. The van der Waals surface area contributed by atoms with Crippen LogP contribution in [0.5, 0.6) is 0 Å². The number of esters is 1. The number of carbonyl (C=O) groups excluding carboxylic acids is 1. The van der Waals surface area contributed by atoms with Crippen molar-refractivity contribution >= 4 is 5.97 Å². The molecule has 0 amide bonds. The first-order valence-corrected chi connectivity index (χ1v) is 8.42. The molecule has 0 saturated heterocycles. The molecule has 2 rings (SSSR count). The van der Waals surface area contributed by atoms with Crippen LogP contribution in [0.3, 0.4) is 0 Å². The van der Waals surface area contributed by atoms with E-state index in [2.05, 4.69) is 10.3 Å². The van der Waals surface area contributed by atoms with Crippen LogP contribution in [-0.4, -0.2) is 28.3 Å². The summed E-state index contributed by atoms with van der Waals surface area (Å²) in [5, 5.41) is 13.2. The molecule has 5 heteroatoms. The van der Waals surface area contributed by atoms with E-state index in [1.54, 1.807) is 12.4 Å². The van der Waals surface area contributed by atoms with Gasteiger partial charge < -0.3 is 15.2 Å². The van der Waals surface area contributed by atoms with E-state index in [0.717, 1.165) is 11.1 Å². The lowest BCUT2D eigenvalue weighted by molar-refractivity contribution is -0.155. The Bertz CT molecular complexity index is 654. The first-order valence-electron chi connectivity index (χ1n) is 8.42. The topological polar surface area (TPSA) is 71.5 Å². The Morgan fingerprint density at radius 1 is 1.12 bits per heavy atom. The zero-order valence-corrected chi connectivity index (χ0v) is 15.0. The first-order chi connectivity index (χ1) is 11.9. The van der Waals surface area contributed by atoms with Gasteiger partial charge in [0.15, 0.2) is 0 Å². The van der Waals surface area contributed by atoms with Gasteiger partial charge >= 0.3 is 5.97 Å². The third kappa shape index (κ3) is 6.29. The molecule has 0 saturated carbocycles. The average Bonchev–Trinajstić information content (AvgIpc) is 2.58. The lowest BCUT2D eigenvalue weighted by Crippen LogP contribution is -2.32. The summed E-state index contributed by atoms with van der Waals surface area (Å²) in [5.74, 6) is -0.293. The Hall–Kier alpha value is -2.24. The number of ether oxygens (including phenoxy) is 1. The lowest BCUT2D eigenvalue weighted by atomic mass is 10.0. The molecule has 0 radical (unpaired) electrons. The van der Waals surface area contributed by atoms with Crippen molar-refractivity contribution in [2.75, 3.05) is 6.61 Å². The largest absolute Gasteiger partial charge is 0.460 e. The molecule has 2 N–H and O–H groups in total. The second-order valence-electron chi connectivity index (χ2n) is 6.94. The van der Waals surface area contributed by atoms with Crippen molar-refractivity contribution in [1.29, 1.82) is 0 Å². The van der Waals surface area contributed by atoms with Gasteiger partial charge in [-0.1, -0.05) is 36.4 Å². The maximum absolute atomic E-state index is 12.3. The van der Waals surface area contributed by atoms with Crippen molar-refractivity contribution < 1.29 is 14.6 Å². The molecule has 1 aromatic carbocycles. The summed E-state index contributed by atoms with van der Waals surface area (Å²) in [5.41, 5.74) is 1.30. The molecule has 0 aliphatic heterocycles. The van der Waals surface area contributed by atoms with Gasteiger partial charge in [-0.2, -0.15) is 0 Å². The molecule has 2 aromatic rings. The Kier molecular flexibility index (Phi) is 6.67. The van der Waals surface area contributed by atoms with Gasteiger partial charge in [-0.15, -0.1) is 0 Å². The minimum Gasteiger partial charge on any atom is -0.460 e. The Morgan fingerprint density at radius 2 is 1.80 bits per heavy atom. The van der Waals surface area contributed by atoms with E-state index >= 15 is 0 Å². The van der Waals surface area contributed by atoms with Crippen molar-refractivity contribution in [3.05, 3.63) is 66.0 Å². The van der Waals surface area contributed by atoms with Crippen molar-refractivity contribution in [2.24, 2.45) is 0 Å². The fourth-order valence-corrected chi connectivity index (χ4v) is 2.59. The molecule has 1 aromatic heterocycles. The molecule has 0 spiro atoms. The highest BCUT2D eigenvalue weighted by Gasteiger charge is 2.24. The molecular weight excluding hydrogens is 316 g/mol. The molecule has 5 nitrogen and oxygen atoms in total. The van der Waals surface area contributed by atoms with Crippen LogP contribution >= 0.6 is 0 Å². The normalized spacial score (nSPS) is 13.9. The van der Waals surface area contributed by atoms with Crippen molar-refractivity contribution in [1.82, 2.24) is 10.3 Å². The Balaban J connectivity index is 2.18. The van der Waals surface area contributed by atoms with Crippen LogP contribution in [0.2, 0.25) is 0 Å². The highest BCUT2D eigenvalue weighted by atomic mass is 16.6. The molecule has 0 fully saturated rings. The highest BCUT2D eigenvalue weighted by molar-refractivity contribution is 5.71. The second kappa shape index (κ2) is 8.74. The fraction of sp³-hybridized carbons (Fsp3) is 0.400. The maximum atomic E-state index is 12.3. The van der Waals surface area contributed by atoms with E-state index in [1.807, 2.05) is 63.2 Å². The van der Waals surface area contributed by atoms with E-state index in [4.69, 9.17) is 4.74 Å². The number of hydrogen-bond acceptors (Lipinski definition) is 5. The molecule has 0 aliphatic carbocycles. The maximum Gasteiger partial charge on any atom is 0.308 e. The van der Waals surface area contributed by atoms with Gasteiger partial charge in [-0.3, -0.25) is 9.78 Å². The number of pyridine rings is 1.